The topological polar surface area (TPSA) is 120 Å². The van der Waals surface area contributed by atoms with E-state index in [1.807, 2.05) is 0 Å². The van der Waals surface area contributed by atoms with Gasteiger partial charge in [0.15, 0.2) is 0 Å². The Morgan fingerprint density at radius 2 is 0.895 bits per heavy atom. The number of carboxylic acids is 3. The van der Waals surface area contributed by atoms with E-state index in [-0.39, 0.29) is 0 Å². The van der Waals surface area contributed by atoms with Gasteiger partial charge in [-0.1, -0.05) is 19.7 Å². The van der Waals surface area contributed by atoms with Crippen LogP contribution in [0.1, 0.15) is 13.8 Å². The first-order valence-corrected chi connectivity index (χ1v) is 6.41. The van der Waals surface area contributed by atoms with Crippen molar-refractivity contribution in [2.75, 3.05) is 0 Å². The van der Waals surface area contributed by atoms with Crippen LogP contribution in [0.25, 0.3) is 0 Å². The van der Waals surface area contributed by atoms with Gasteiger partial charge in [0.2, 0.25) is 0 Å². The van der Waals surface area contributed by atoms with E-state index >= 15 is 0 Å². The number of hydrogen-bond acceptors (Lipinski definition) is 6. The van der Waals surface area contributed by atoms with Crippen LogP contribution in [0, 0.1) is 0 Å². The molecule has 104 valence electrons. The van der Waals surface area contributed by atoms with Crippen molar-refractivity contribution in [1.29, 1.82) is 0 Å². The van der Waals surface area contributed by atoms with Crippen molar-refractivity contribution in [2.45, 2.75) is 17.8 Å². The molecular weight excluding hydrogens is 359 g/mol. The standard InChI is InChI=1S/3C3H4O2.C3H7.Sn/c3*1-2-3(4)5;1-3-2;/h3*2H,1H2,(H,4,5);3H,1-2H3;/q;;;;+3/p-3. The van der Waals surface area contributed by atoms with Crippen molar-refractivity contribution < 1.29 is 29.7 Å². The Balaban J connectivity index is -0.0000000793. The molecule has 6 nitrogen and oxygen atoms in total. The van der Waals surface area contributed by atoms with Gasteiger partial charge in [-0.25, -0.2) is 0 Å². The number of aliphatic carboxylic acids is 3. The fourth-order valence-corrected chi connectivity index (χ4v) is 0. The van der Waals surface area contributed by atoms with E-state index in [0.717, 1.165) is 22.2 Å². The van der Waals surface area contributed by atoms with Crippen LogP contribution < -0.4 is 15.3 Å². The molecule has 0 aromatic heterocycles. The van der Waals surface area contributed by atoms with Crippen molar-refractivity contribution in [2.24, 2.45) is 0 Å². The number of carbonyl (C=O) groups is 3. The molecule has 0 amide bonds. The van der Waals surface area contributed by atoms with E-state index in [0.29, 0.717) is 0 Å². The molecule has 0 spiro atoms. The molecule has 0 N–H and O–H groups in total. The van der Waals surface area contributed by atoms with Gasteiger partial charge in [0.25, 0.3) is 0 Å². The number of hydrogen-bond donors (Lipinski definition) is 0. The fraction of sp³-hybridized carbons (Fsp3) is 0.250. The Kier molecular flexibility index (Phi) is 29.8. The maximum absolute atomic E-state index is 9.14. The zero-order valence-electron chi connectivity index (χ0n) is 10.9. The summed E-state index contributed by atoms with van der Waals surface area (Å²) in [5.74, 6) is -3.69. The van der Waals surface area contributed by atoms with Gasteiger partial charge >= 0.3 is 40.3 Å². The quantitative estimate of drug-likeness (QED) is 0.406. The van der Waals surface area contributed by atoms with Crippen LogP contribution in [0.15, 0.2) is 38.0 Å². The summed E-state index contributed by atoms with van der Waals surface area (Å²) in [7, 11) is 0. The Hall–Kier alpha value is -1.57. The first-order valence-electron chi connectivity index (χ1n) is 4.76. The molecule has 7 heteroatoms. The van der Waals surface area contributed by atoms with Crippen LogP contribution in [0.4, 0.5) is 0 Å². The molecule has 0 saturated carbocycles. The van der Waals surface area contributed by atoms with Crippen LogP contribution in [0.5, 0.6) is 0 Å². The van der Waals surface area contributed by atoms with Crippen LogP contribution in [0.3, 0.4) is 0 Å². The summed E-state index contributed by atoms with van der Waals surface area (Å²) >= 11 is 1.64. The average molecular weight is 375 g/mol. The van der Waals surface area contributed by atoms with Gasteiger partial charge in [0, 0.05) is 0 Å². The van der Waals surface area contributed by atoms with E-state index < -0.39 is 17.9 Å². The average Bonchev–Trinajstić information content (AvgIpc) is 2.29. The summed E-state index contributed by atoms with van der Waals surface area (Å²) in [5, 5.41) is 27.4. The van der Waals surface area contributed by atoms with Gasteiger partial charge in [-0.15, -0.1) is 0 Å². The van der Waals surface area contributed by atoms with E-state index in [2.05, 4.69) is 33.6 Å². The molecule has 0 unspecified atom stereocenters. The van der Waals surface area contributed by atoms with Crippen LogP contribution in [0.2, 0.25) is 3.93 Å². The molecule has 19 heavy (non-hydrogen) atoms. The summed E-state index contributed by atoms with van der Waals surface area (Å²) in [6.45, 7) is 13.1. The normalized spacial score (nSPS) is 7.00. The molecule has 0 saturated heterocycles. The second-order valence-electron chi connectivity index (χ2n) is 2.72. The predicted molar refractivity (Wildman–Crippen MR) is 66.5 cm³/mol. The van der Waals surface area contributed by atoms with Crippen LogP contribution >= 0.6 is 0 Å². The van der Waals surface area contributed by atoms with Crippen LogP contribution in [-0.4, -0.2) is 40.4 Å². The second-order valence-corrected chi connectivity index (χ2v) is 6.02. The van der Waals surface area contributed by atoms with Gasteiger partial charge < -0.3 is 29.7 Å². The molecule has 0 aliphatic rings. The van der Waals surface area contributed by atoms with Crippen molar-refractivity contribution in [3.8, 4) is 0 Å². The molecule has 0 rings (SSSR count). The molecule has 0 aliphatic heterocycles. The van der Waals surface area contributed by atoms with Gasteiger partial charge in [-0.3, -0.25) is 0 Å². The van der Waals surface area contributed by atoms with Gasteiger partial charge in [-0.2, -0.15) is 0 Å². The Morgan fingerprint density at radius 1 is 0.842 bits per heavy atom. The molecule has 0 fully saturated rings. The molecule has 0 radical (unpaired) electrons. The monoisotopic (exact) mass is 376 g/mol. The Labute approximate surface area is 126 Å². The SMILES string of the molecule is C=CC(=O)[O-].C=CC(=O)[O-].C=CC(=O)[O-].C[CH](C)[Sn+3]. The first-order chi connectivity index (χ1) is 8.54. The minimum atomic E-state index is -1.23. The summed E-state index contributed by atoms with van der Waals surface area (Å²) in [6.07, 6.45) is 2.17. The number of carbonyl (C=O) groups excluding carboxylic acids is 3. The molecule has 0 atom stereocenters. The van der Waals surface area contributed by atoms with E-state index in [4.69, 9.17) is 29.7 Å². The van der Waals surface area contributed by atoms with E-state index in [9.17, 15) is 0 Å². The molecular formula is C12H16O6Sn. The zero-order valence-corrected chi connectivity index (χ0v) is 13.7. The van der Waals surface area contributed by atoms with Gasteiger partial charge in [0.1, 0.15) is 0 Å². The molecule has 0 aromatic rings. The molecule has 0 aromatic carbocycles. The van der Waals surface area contributed by atoms with E-state index in [1.165, 1.54) is 0 Å². The third kappa shape index (κ3) is 174. The summed E-state index contributed by atoms with van der Waals surface area (Å²) < 4.78 is 0.923. The molecule has 0 aliphatic carbocycles. The van der Waals surface area contributed by atoms with Gasteiger partial charge in [0.05, 0.1) is 17.9 Å². The molecule has 0 bridgehead atoms. The fourth-order valence-electron chi connectivity index (χ4n) is 0. The third-order valence-corrected chi connectivity index (χ3v) is 0.500. The third-order valence-electron chi connectivity index (χ3n) is 0.500. The number of rotatable bonds is 3. The Bertz CT molecular complexity index is 251. The summed E-state index contributed by atoms with van der Waals surface area (Å²) in [6, 6.07) is 0. The van der Waals surface area contributed by atoms with Crippen LogP contribution in [-0.2, 0) is 14.4 Å². The van der Waals surface area contributed by atoms with E-state index in [1.54, 1.807) is 22.5 Å². The Morgan fingerprint density at radius 3 is 0.895 bits per heavy atom. The predicted octanol–water partition coefficient (Wildman–Crippen LogP) is -2.25. The zero-order chi connectivity index (χ0) is 16.4. The van der Waals surface area contributed by atoms with Crippen molar-refractivity contribution in [3.05, 3.63) is 38.0 Å². The molecule has 0 heterocycles. The second kappa shape index (κ2) is 21.7. The minimum absolute atomic E-state index is 0.722. The summed E-state index contributed by atoms with van der Waals surface area (Å²) in [4.78, 5) is 27.4. The van der Waals surface area contributed by atoms with Gasteiger partial charge in [-0.05, 0) is 18.2 Å². The van der Waals surface area contributed by atoms with Crippen molar-refractivity contribution >= 4 is 40.4 Å². The van der Waals surface area contributed by atoms with Crippen molar-refractivity contribution in [3.63, 3.8) is 0 Å². The first kappa shape index (κ1) is 26.1. The number of carboxylic acid groups (broad SMARTS) is 3. The maximum atomic E-state index is 9.14. The van der Waals surface area contributed by atoms with Crippen molar-refractivity contribution in [1.82, 2.24) is 0 Å². The summed E-state index contributed by atoms with van der Waals surface area (Å²) in [5.41, 5.74) is 0.